The van der Waals surface area contributed by atoms with Gasteiger partial charge in [-0.2, -0.15) is 13.2 Å². The fourth-order valence-electron chi connectivity index (χ4n) is 2.93. The van der Waals surface area contributed by atoms with Crippen molar-refractivity contribution in [2.24, 2.45) is 0 Å². The zero-order chi connectivity index (χ0) is 22.9. The second kappa shape index (κ2) is 9.09. The van der Waals surface area contributed by atoms with E-state index in [1.165, 1.54) is 29.4 Å². The number of thioether (sulfide) groups is 1. The van der Waals surface area contributed by atoms with Crippen LogP contribution in [0.2, 0.25) is 5.02 Å². The van der Waals surface area contributed by atoms with Crippen molar-refractivity contribution >= 4 is 56.5 Å². The lowest BCUT2D eigenvalue weighted by Gasteiger charge is -2.14. The second-order valence-corrected chi connectivity index (χ2v) is 9.58. The van der Waals surface area contributed by atoms with Gasteiger partial charge in [0.25, 0.3) is 0 Å². The minimum atomic E-state index is -4.54. The Morgan fingerprint density at radius 2 is 1.88 bits per heavy atom. The number of rotatable bonds is 5. The molecule has 0 aliphatic rings. The molecule has 0 saturated carbocycles. The normalized spacial score (nSPS) is 12.7. The number of alkyl halides is 3. The minimum absolute atomic E-state index is 0.0262. The Hall–Kier alpha value is -2.62. The third-order valence-corrected chi connectivity index (χ3v) is 7.10. The summed E-state index contributed by atoms with van der Waals surface area (Å²) in [6, 6.07) is 14.6. The molecule has 0 fully saturated rings. The Balaban J connectivity index is 1.55. The first kappa shape index (κ1) is 22.6. The van der Waals surface area contributed by atoms with E-state index < -0.39 is 22.9 Å². The highest BCUT2D eigenvalue weighted by molar-refractivity contribution is 8.00. The van der Waals surface area contributed by atoms with Gasteiger partial charge in [-0.1, -0.05) is 53.7 Å². The summed E-state index contributed by atoms with van der Waals surface area (Å²) in [7, 11) is 0. The molecule has 2 aromatic heterocycles. The van der Waals surface area contributed by atoms with Gasteiger partial charge in [0.1, 0.15) is 16.2 Å². The van der Waals surface area contributed by atoms with Gasteiger partial charge in [0.2, 0.25) is 5.91 Å². The topological polar surface area (TPSA) is 54.9 Å². The largest absolute Gasteiger partial charge is 0.416 e. The van der Waals surface area contributed by atoms with Crippen LogP contribution in [0.25, 0.3) is 20.7 Å². The standard InChI is InChI=1S/C22H15ClF3N3OS2/c1-12(19(30)29-17-9-14(22(24,25)26)7-8-16(17)23)31-20-15-10-18(13-5-3-2-4-6-13)32-21(15)28-11-27-20/h2-12H,1H3,(H,29,30). The van der Waals surface area contributed by atoms with Gasteiger partial charge in [-0.05, 0) is 36.8 Å². The Labute approximate surface area is 194 Å². The third-order valence-electron chi connectivity index (χ3n) is 4.56. The van der Waals surface area contributed by atoms with Gasteiger partial charge < -0.3 is 5.32 Å². The number of carbonyl (C=O) groups excluding carboxylic acids is 1. The molecule has 1 N–H and O–H groups in total. The number of benzene rings is 2. The summed E-state index contributed by atoms with van der Waals surface area (Å²) >= 11 is 8.71. The minimum Gasteiger partial charge on any atom is -0.324 e. The van der Waals surface area contributed by atoms with E-state index in [9.17, 15) is 18.0 Å². The van der Waals surface area contributed by atoms with Crippen molar-refractivity contribution in [2.75, 3.05) is 5.32 Å². The summed E-state index contributed by atoms with van der Waals surface area (Å²) in [5.41, 5.74) is 0.0758. The summed E-state index contributed by atoms with van der Waals surface area (Å²) in [6.45, 7) is 1.65. The van der Waals surface area contributed by atoms with Crippen molar-refractivity contribution in [1.29, 1.82) is 0 Å². The lowest BCUT2D eigenvalue weighted by molar-refractivity contribution is -0.137. The summed E-state index contributed by atoms with van der Waals surface area (Å²) in [5, 5.41) is 3.31. The maximum absolute atomic E-state index is 13.0. The van der Waals surface area contributed by atoms with Gasteiger partial charge in [-0.3, -0.25) is 4.79 Å². The monoisotopic (exact) mass is 493 g/mol. The molecule has 1 amide bonds. The Morgan fingerprint density at radius 1 is 1.12 bits per heavy atom. The van der Waals surface area contributed by atoms with Crippen molar-refractivity contribution in [3.05, 3.63) is 71.5 Å². The fourth-order valence-corrected chi connectivity index (χ4v) is 5.05. The zero-order valence-electron chi connectivity index (χ0n) is 16.5. The number of nitrogens with zero attached hydrogens (tertiary/aromatic N) is 2. The number of halogens is 4. The van der Waals surface area contributed by atoms with Crippen LogP contribution in [-0.2, 0) is 11.0 Å². The van der Waals surface area contributed by atoms with E-state index >= 15 is 0 Å². The molecule has 4 aromatic rings. The summed E-state index contributed by atoms with van der Waals surface area (Å²) in [5.74, 6) is -0.485. The number of hydrogen-bond donors (Lipinski definition) is 1. The number of nitrogens with one attached hydrogen (secondary N) is 1. The predicted octanol–water partition coefficient (Wildman–Crippen LogP) is 7.15. The molecule has 10 heteroatoms. The van der Waals surface area contributed by atoms with Gasteiger partial charge in [-0.15, -0.1) is 11.3 Å². The quantitative estimate of drug-likeness (QED) is 0.237. The van der Waals surface area contributed by atoms with E-state index in [1.54, 1.807) is 6.92 Å². The van der Waals surface area contributed by atoms with E-state index in [-0.39, 0.29) is 10.7 Å². The maximum Gasteiger partial charge on any atom is 0.416 e. The Morgan fingerprint density at radius 3 is 2.59 bits per heavy atom. The highest BCUT2D eigenvalue weighted by Crippen LogP contribution is 2.38. The molecule has 32 heavy (non-hydrogen) atoms. The molecule has 2 aromatic carbocycles. The fraction of sp³-hybridized carbons (Fsp3) is 0.136. The summed E-state index contributed by atoms with van der Waals surface area (Å²) in [6.07, 6.45) is -3.10. The first-order chi connectivity index (χ1) is 15.2. The molecule has 1 unspecified atom stereocenters. The van der Waals surface area contributed by atoms with Crippen LogP contribution in [0, 0.1) is 0 Å². The smallest absolute Gasteiger partial charge is 0.324 e. The summed E-state index contributed by atoms with van der Waals surface area (Å²) < 4.78 is 38.9. The number of hydrogen-bond acceptors (Lipinski definition) is 5. The van der Waals surface area contributed by atoms with E-state index in [1.807, 2.05) is 36.4 Å². The van der Waals surface area contributed by atoms with Crippen LogP contribution in [0.4, 0.5) is 18.9 Å². The van der Waals surface area contributed by atoms with Crippen LogP contribution in [0.5, 0.6) is 0 Å². The van der Waals surface area contributed by atoms with Crippen molar-refractivity contribution < 1.29 is 18.0 Å². The van der Waals surface area contributed by atoms with Crippen LogP contribution < -0.4 is 5.32 Å². The van der Waals surface area contributed by atoms with E-state index in [0.29, 0.717) is 5.03 Å². The number of thiophene rings is 1. The highest BCUT2D eigenvalue weighted by Gasteiger charge is 2.31. The van der Waals surface area contributed by atoms with Crippen LogP contribution in [0.3, 0.4) is 0 Å². The maximum atomic E-state index is 13.0. The first-order valence-corrected chi connectivity index (χ1v) is 11.4. The van der Waals surface area contributed by atoms with Gasteiger partial charge >= 0.3 is 6.18 Å². The second-order valence-electron chi connectivity index (χ2n) is 6.82. The molecule has 4 nitrogen and oxygen atoms in total. The van der Waals surface area contributed by atoms with Gasteiger partial charge in [-0.25, -0.2) is 9.97 Å². The van der Waals surface area contributed by atoms with E-state index in [2.05, 4.69) is 15.3 Å². The molecule has 0 bridgehead atoms. The summed E-state index contributed by atoms with van der Waals surface area (Å²) in [4.78, 5) is 23.1. The van der Waals surface area contributed by atoms with E-state index in [4.69, 9.17) is 11.6 Å². The number of aromatic nitrogens is 2. The predicted molar refractivity (Wildman–Crippen MR) is 123 cm³/mol. The van der Waals surface area contributed by atoms with Gasteiger partial charge in [0.05, 0.1) is 21.5 Å². The lowest BCUT2D eigenvalue weighted by Crippen LogP contribution is -2.23. The average Bonchev–Trinajstić information content (AvgIpc) is 3.20. The highest BCUT2D eigenvalue weighted by atomic mass is 35.5. The van der Waals surface area contributed by atoms with Crippen LogP contribution in [0.15, 0.2) is 66.0 Å². The molecule has 0 aliphatic carbocycles. The molecule has 0 radical (unpaired) electrons. The average molecular weight is 494 g/mol. The lowest BCUT2D eigenvalue weighted by atomic mass is 10.2. The number of fused-ring (bicyclic) bond motifs is 1. The van der Waals surface area contributed by atoms with Gasteiger partial charge in [0.15, 0.2) is 0 Å². The molecule has 1 atom stereocenters. The molecule has 0 spiro atoms. The van der Waals surface area contributed by atoms with Crippen LogP contribution in [-0.4, -0.2) is 21.1 Å². The number of amides is 1. The molecular formula is C22H15ClF3N3OS2. The molecule has 4 rings (SSSR count). The first-order valence-electron chi connectivity index (χ1n) is 9.36. The molecule has 164 valence electrons. The SMILES string of the molecule is CC(Sc1ncnc2sc(-c3ccccc3)cc12)C(=O)Nc1cc(C(F)(F)F)ccc1Cl. The van der Waals surface area contributed by atoms with Crippen molar-refractivity contribution in [1.82, 2.24) is 9.97 Å². The Bertz CT molecular complexity index is 1280. The number of carbonyl (C=O) groups is 1. The van der Waals surface area contributed by atoms with Crippen molar-refractivity contribution in [3.63, 3.8) is 0 Å². The van der Waals surface area contributed by atoms with Gasteiger partial charge in [0, 0.05) is 10.3 Å². The van der Waals surface area contributed by atoms with Crippen LogP contribution in [0.1, 0.15) is 12.5 Å². The number of anilines is 1. The molecule has 0 saturated heterocycles. The van der Waals surface area contributed by atoms with Crippen molar-refractivity contribution in [3.8, 4) is 10.4 Å². The molecule has 2 heterocycles. The third kappa shape index (κ3) is 4.90. The molecule has 0 aliphatic heterocycles. The Kier molecular flexibility index (Phi) is 6.41. The zero-order valence-corrected chi connectivity index (χ0v) is 18.9. The van der Waals surface area contributed by atoms with Crippen LogP contribution >= 0.6 is 34.7 Å². The van der Waals surface area contributed by atoms with E-state index in [0.717, 1.165) is 38.9 Å². The van der Waals surface area contributed by atoms with Crippen molar-refractivity contribution in [2.45, 2.75) is 23.4 Å². The molecular weight excluding hydrogens is 479 g/mol.